The molecule has 2 atom stereocenters. The van der Waals surface area contributed by atoms with Gasteiger partial charge in [0.25, 0.3) is 0 Å². The Hall–Kier alpha value is -2.54. The molecule has 4 aromatic rings. The number of allylic oxidation sites excluding steroid dienone is 2. The van der Waals surface area contributed by atoms with Gasteiger partial charge in [-0.2, -0.15) is 0 Å². The molecule has 2 aliphatic rings. The van der Waals surface area contributed by atoms with Crippen molar-refractivity contribution in [2.75, 3.05) is 0 Å². The summed E-state index contributed by atoms with van der Waals surface area (Å²) in [6.07, 6.45) is 20.3. The number of unbranched alkanes of at least 4 members (excludes halogenated alkanes) is 4. The van der Waals surface area contributed by atoms with E-state index in [9.17, 15) is 0 Å². The van der Waals surface area contributed by atoms with Crippen molar-refractivity contribution in [3.63, 3.8) is 0 Å². The summed E-state index contributed by atoms with van der Waals surface area (Å²) >= 11 is 1.83. The molecule has 0 bridgehead atoms. The first-order valence-electron chi connectivity index (χ1n) is 20.1. The minimum atomic E-state index is -0.978. The van der Waals surface area contributed by atoms with Gasteiger partial charge in [0.05, 0.1) is 0 Å². The first kappa shape index (κ1) is 37.2. The minimum absolute atomic E-state index is 0.609. The van der Waals surface area contributed by atoms with Crippen molar-refractivity contribution in [3.8, 4) is 22.3 Å². The van der Waals surface area contributed by atoms with E-state index < -0.39 is 5.92 Å². The Kier molecular flexibility index (Phi) is 13.6. The average molecular weight is 755 g/mol. The van der Waals surface area contributed by atoms with Crippen LogP contribution in [0.5, 0.6) is 0 Å². The summed E-state index contributed by atoms with van der Waals surface area (Å²) in [4.78, 5) is 0. The van der Waals surface area contributed by atoms with Gasteiger partial charge in [-0.1, -0.05) is 26.7 Å². The Bertz CT molecular complexity index is 1630. The third kappa shape index (κ3) is 8.73. The predicted octanol–water partition coefficient (Wildman–Crippen LogP) is 14.0. The number of benzene rings is 4. The van der Waals surface area contributed by atoms with E-state index in [2.05, 4.69) is 125 Å². The Morgan fingerprint density at radius 3 is 1.24 bits per heavy atom. The summed E-state index contributed by atoms with van der Waals surface area (Å²) in [6.45, 7) is 9.26. The zero-order valence-electron chi connectivity index (χ0n) is 31.4. The molecule has 2 heteroatoms. The fourth-order valence-corrected chi connectivity index (χ4v) is 14.4. The van der Waals surface area contributed by atoms with Gasteiger partial charge in [0.2, 0.25) is 0 Å². The molecule has 0 nitrogen and oxygen atoms in total. The standard InChI is InChI=1S/C48H59Si.Zr/c1-5-9-15-35-23-27-37(28-24-35)41-19-13-21-43-45(41)31-39(17-11-7-3)47(43)33-49-34-48-40(18-12-8-4)32-46-42(20-14-22-44(46)48)38-29-25-36(26-30-38)16-10-6-2;/h13-14,19-32,47-49H,5-12,15-18,33-34H2,1-4H3;. The second-order valence-electron chi connectivity index (χ2n) is 15.1. The summed E-state index contributed by atoms with van der Waals surface area (Å²) in [7, 11) is 0. The first-order valence-corrected chi connectivity index (χ1v) is 26.6. The van der Waals surface area contributed by atoms with E-state index in [0.717, 1.165) is 0 Å². The molecule has 0 radical (unpaired) electrons. The summed E-state index contributed by atoms with van der Waals surface area (Å²) in [5.41, 5.74) is 18.3. The molecule has 0 N–H and O–H groups in total. The van der Waals surface area contributed by atoms with Crippen LogP contribution in [0.4, 0.5) is 0 Å². The SMILES string of the molecule is CCCCC1=Cc2c(-c3ccc(CCCC)cc3)cccc2C1C[SiH]([Zr])CC1C(CCCC)=Cc2c(-c3ccc(CCCC)cc3)cccc21. The molecule has 0 aromatic heterocycles. The van der Waals surface area contributed by atoms with Gasteiger partial charge >= 0.3 is 296 Å². The van der Waals surface area contributed by atoms with Crippen LogP contribution in [0.3, 0.4) is 0 Å². The van der Waals surface area contributed by atoms with E-state index in [1.165, 1.54) is 134 Å². The third-order valence-corrected chi connectivity index (χ3v) is 17.0. The van der Waals surface area contributed by atoms with Crippen molar-refractivity contribution < 1.29 is 23.9 Å². The Labute approximate surface area is 320 Å². The van der Waals surface area contributed by atoms with E-state index in [1.54, 1.807) is 22.3 Å². The van der Waals surface area contributed by atoms with Crippen LogP contribution in [0, 0.1) is 0 Å². The Morgan fingerprint density at radius 1 is 0.480 bits per heavy atom. The number of fused-ring (bicyclic) bond motifs is 2. The van der Waals surface area contributed by atoms with Gasteiger partial charge in [0.1, 0.15) is 0 Å². The molecule has 0 saturated carbocycles. The third-order valence-electron chi connectivity index (χ3n) is 11.4. The molecule has 0 heterocycles. The van der Waals surface area contributed by atoms with Crippen molar-refractivity contribution in [1.82, 2.24) is 0 Å². The van der Waals surface area contributed by atoms with Gasteiger partial charge in [-0.3, -0.25) is 0 Å². The van der Waals surface area contributed by atoms with E-state index in [1.807, 2.05) is 23.9 Å². The Morgan fingerprint density at radius 2 is 0.860 bits per heavy atom. The summed E-state index contributed by atoms with van der Waals surface area (Å²) in [6, 6.07) is 36.2. The van der Waals surface area contributed by atoms with E-state index in [-0.39, 0.29) is 0 Å². The van der Waals surface area contributed by atoms with E-state index >= 15 is 0 Å². The second kappa shape index (κ2) is 18.3. The molecule has 259 valence electrons. The molecule has 0 saturated heterocycles. The van der Waals surface area contributed by atoms with Crippen LogP contribution in [0.25, 0.3) is 34.4 Å². The molecule has 2 aliphatic carbocycles. The molecule has 0 aliphatic heterocycles. The molecule has 0 fully saturated rings. The topological polar surface area (TPSA) is 0 Å². The second-order valence-corrected chi connectivity index (χ2v) is 23.5. The maximum atomic E-state index is 2.63. The zero-order chi connectivity index (χ0) is 34.9. The van der Waals surface area contributed by atoms with Gasteiger partial charge in [0, 0.05) is 0 Å². The molecular weight excluding hydrogens is 696 g/mol. The van der Waals surface area contributed by atoms with Crippen molar-refractivity contribution in [2.24, 2.45) is 0 Å². The van der Waals surface area contributed by atoms with Crippen LogP contribution in [0.1, 0.15) is 137 Å². The van der Waals surface area contributed by atoms with Crippen LogP contribution >= 0.6 is 0 Å². The summed E-state index contributed by atoms with van der Waals surface area (Å²) < 4.78 is 0. The monoisotopic (exact) mass is 753 g/mol. The normalized spacial score (nSPS) is 16.9. The van der Waals surface area contributed by atoms with Gasteiger partial charge in [-0.15, -0.1) is 0 Å². The molecule has 4 aromatic carbocycles. The first-order chi connectivity index (χ1) is 24.5. The Balaban J connectivity index is 1.25. The summed E-state index contributed by atoms with van der Waals surface area (Å²) in [5, 5.41) is 0. The van der Waals surface area contributed by atoms with Crippen LogP contribution in [0.2, 0.25) is 12.1 Å². The van der Waals surface area contributed by atoms with Crippen LogP contribution in [-0.4, -0.2) is 5.92 Å². The van der Waals surface area contributed by atoms with E-state index in [4.69, 9.17) is 0 Å². The van der Waals surface area contributed by atoms with E-state index in [0.29, 0.717) is 11.8 Å². The van der Waals surface area contributed by atoms with Crippen LogP contribution in [-0.2, 0) is 36.7 Å². The molecule has 6 rings (SSSR count). The zero-order valence-corrected chi connectivity index (χ0v) is 35.0. The quantitative estimate of drug-likeness (QED) is 0.0888. The molecule has 0 amide bonds. The summed E-state index contributed by atoms with van der Waals surface area (Å²) in [5.74, 6) is 0.240. The van der Waals surface area contributed by atoms with Crippen molar-refractivity contribution in [1.29, 1.82) is 0 Å². The molecular formula is C48H59SiZr. The van der Waals surface area contributed by atoms with Crippen LogP contribution in [0.15, 0.2) is 96.1 Å². The number of aryl methyl sites for hydroxylation is 2. The average Bonchev–Trinajstić information content (AvgIpc) is 3.68. The molecule has 2 unspecified atom stereocenters. The predicted molar refractivity (Wildman–Crippen MR) is 218 cm³/mol. The molecule has 0 spiro atoms. The van der Waals surface area contributed by atoms with Crippen molar-refractivity contribution in [2.45, 2.75) is 129 Å². The van der Waals surface area contributed by atoms with Crippen LogP contribution < -0.4 is 0 Å². The fourth-order valence-electron chi connectivity index (χ4n) is 8.51. The fraction of sp³-hybridized carbons (Fsp3) is 0.417. The van der Waals surface area contributed by atoms with Gasteiger partial charge in [-0.05, 0) is 0 Å². The number of hydrogen-bond donors (Lipinski definition) is 0. The maximum absolute atomic E-state index is 2.63. The van der Waals surface area contributed by atoms with Crippen molar-refractivity contribution in [3.05, 3.63) is 129 Å². The number of hydrogen-bond acceptors (Lipinski definition) is 0. The molecule has 50 heavy (non-hydrogen) atoms. The van der Waals surface area contributed by atoms with Gasteiger partial charge in [-0.25, -0.2) is 0 Å². The van der Waals surface area contributed by atoms with Gasteiger partial charge < -0.3 is 0 Å². The van der Waals surface area contributed by atoms with Crippen molar-refractivity contribution >= 4 is 18.1 Å². The number of rotatable bonds is 18. The van der Waals surface area contributed by atoms with Gasteiger partial charge in [0.15, 0.2) is 0 Å².